The molecular weight excluding hydrogens is 459 g/mol. The number of ether oxygens (including phenoxy) is 1. The third-order valence-corrected chi connectivity index (χ3v) is 7.85. The SMILES string of the molecule is C=C1N(CCN(C)C(C)C)C(=O)[C@]2(C)Cc3c([nH]c4ccc(OC)c(F)c34)[C@@H](c3cccc(O)c3)N12. The van der Waals surface area contributed by atoms with E-state index in [2.05, 4.69) is 30.3 Å². The van der Waals surface area contributed by atoms with E-state index in [4.69, 9.17) is 4.74 Å². The maximum absolute atomic E-state index is 15.6. The van der Waals surface area contributed by atoms with Crippen molar-refractivity contribution in [1.29, 1.82) is 0 Å². The van der Waals surface area contributed by atoms with Crippen molar-refractivity contribution in [2.45, 2.75) is 44.8 Å². The Hall–Kier alpha value is -3.52. The number of phenols is 1. The van der Waals surface area contributed by atoms with Crippen molar-refractivity contribution in [3.05, 3.63) is 71.4 Å². The molecule has 3 heterocycles. The van der Waals surface area contributed by atoms with Crippen LogP contribution < -0.4 is 4.74 Å². The first-order valence-electron chi connectivity index (χ1n) is 12.2. The average molecular weight is 493 g/mol. The number of H-pyrrole nitrogens is 1. The fourth-order valence-electron chi connectivity index (χ4n) is 5.64. The molecule has 0 unspecified atom stereocenters. The molecule has 36 heavy (non-hydrogen) atoms. The fourth-order valence-corrected chi connectivity index (χ4v) is 5.64. The lowest BCUT2D eigenvalue weighted by Crippen LogP contribution is -2.52. The lowest BCUT2D eigenvalue weighted by atomic mass is 9.81. The molecule has 0 saturated carbocycles. The number of halogens is 1. The Balaban J connectivity index is 1.69. The van der Waals surface area contributed by atoms with E-state index in [-0.39, 0.29) is 17.4 Å². The minimum absolute atomic E-state index is 0.0573. The largest absolute Gasteiger partial charge is 0.508 e. The number of aromatic nitrogens is 1. The predicted octanol–water partition coefficient (Wildman–Crippen LogP) is 4.38. The maximum atomic E-state index is 15.6. The Kier molecular flexibility index (Phi) is 5.75. The first-order valence-corrected chi connectivity index (χ1v) is 12.2. The molecular formula is C28H33FN4O3. The maximum Gasteiger partial charge on any atom is 0.254 e. The van der Waals surface area contributed by atoms with Gasteiger partial charge in [-0.05, 0) is 63.2 Å². The smallest absolute Gasteiger partial charge is 0.254 e. The molecule has 5 rings (SSSR count). The van der Waals surface area contributed by atoms with Gasteiger partial charge >= 0.3 is 0 Å². The molecule has 0 aliphatic carbocycles. The molecule has 0 spiro atoms. The topological polar surface area (TPSA) is 72.0 Å². The summed E-state index contributed by atoms with van der Waals surface area (Å²) in [6.45, 7) is 11.7. The first kappa shape index (κ1) is 24.2. The number of aromatic amines is 1. The van der Waals surface area contributed by atoms with Gasteiger partial charge in [0.25, 0.3) is 5.91 Å². The van der Waals surface area contributed by atoms with Crippen molar-refractivity contribution < 1.29 is 19.0 Å². The lowest BCUT2D eigenvalue weighted by molar-refractivity contribution is -0.133. The number of nitrogens with one attached hydrogen (secondary N) is 1. The zero-order valence-electron chi connectivity index (χ0n) is 21.4. The molecule has 7 nitrogen and oxygen atoms in total. The number of rotatable bonds is 6. The molecule has 2 aliphatic rings. The van der Waals surface area contributed by atoms with Crippen molar-refractivity contribution in [1.82, 2.24) is 19.7 Å². The van der Waals surface area contributed by atoms with Gasteiger partial charge in [-0.2, -0.15) is 0 Å². The fraction of sp³-hybridized carbons (Fsp3) is 0.393. The van der Waals surface area contributed by atoms with Crippen LogP contribution in [0, 0.1) is 5.82 Å². The third-order valence-electron chi connectivity index (χ3n) is 7.85. The second-order valence-corrected chi connectivity index (χ2v) is 10.3. The Morgan fingerprint density at radius 3 is 2.75 bits per heavy atom. The summed E-state index contributed by atoms with van der Waals surface area (Å²) in [4.78, 5) is 23.4. The van der Waals surface area contributed by atoms with Crippen LogP contribution in [0.15, 0.2) is 48.8 Å². The number of nitrogens with zero attached hydrogens (tertiary/aromatic N) is 3. The second-order valence-electron chi connectivity index (χ2n) is 10.3. The molecule has 1 fully saturated rings. The van der Waals surface area contributed by atoms with Gasteiger partial charge in [-0.15, -0.1) is 0 Å². The van der Waals surface area contributed by atoms with E-state index < -0.39 is 17.4 Å². The number of benzene rings is 2. The van der Waals surface area contributed by atoms with Gasteiger partial charge in [-0.3, -0.25) is 9.69 Å². The summed E-state index contributed by atoms with van der Waals surface area (Å²) >= 11 is 0. The normalized spacial score (nSPS) is 21.6. The van der Waals surface area contributed by atoms with Gasteiger partial charge in [0.05, 0.1) is 13.2 Å². The van der Waals surface area contributed by atoms with E-state index in [1.165, 1.54) is 7.11 Å². The van der Waals surface area contributed by atoms with E-state index in [1.807, 2.05) is 24.9 Å². The molecule has 2 N–H and O–H groups in total. The molecule has 3 aromatic rings. The molecule has 8 heteroatoms. The van der Waals surface area contributed by atoms with E-state index in [0.717, 1.165) is 16.8 Å². The number of amides is 1. The van der Waals surface area contributed by atoms with Crippen molar-refractivity contribution in [2.24, 2.45) is 0 Å². The Labute approximate surface area is 210 Å². The zero-order valence-corrected chi connectivity index (χ0v) is 21.4. The first-order chi connectivity index (χ1) is 17.1. The Morgan fingerprint density at radius 2 is 2.08 bits per heavy atom. The third kappa shape index (κ3) is 3.46. The van der Waals surface area contributed by atoms with E-state index in [1.54, 1.807) is 35.2 Å². The van der Waals surface area contributed by atoms with Crippen LogP contribution in [0.5, 0.6) is 11.5 Å². The second kappa shape index (κ2) is 8.55. The molecule has 0 bridgehead atoms. The summed E-state index contributed by atoms with van der Waals surface area (Å²) in [6.07, 6.45) is 0.316. The minimum atomic E-state index is -0.971. The van der Waals surface area contributed by atoms with Crippen LogP contribution in [0.1, 0.15) is 43.6 Å². The molecule has 1 amide bonds. The van der Waals surface area contributed by atoms with Gasteiger partial charge in [0.1, 0.15) is 17.1 Å². The molecule has 0 radical (unpaired) electrons. The van der Waals surface area contributed by atoms with Gasteiger partial charge < -0.3 is 24.6 Å². The van der Waals surface area contributed by atoms with Gasteiger partial charge in [0.2, 0.25) is 0 Å². The van der Waals surface area contributed by atoms with Crippen molar-refractivity contribution in [3.63, 3.8) is 0 Å². The van der Waals surface area contributed by atoms with Crippen LogP contribution in [-0.4, -0.2) is 69.5 Å². The van der Waals surface area contributed by atoms with Crippen molar-refractivity contribution in [3.8, 4) is 11.5 Å². The number of hydrogen-bond donors (Lipinski definition) is 2. The Morgan fingerprint density at radius 1 is 1.33 bits per heavy atom. The minimum Gasteiger partial charge on any atom is -0.508 e. The molecule has 2 atom stereocenters. The van der Waals surface area contributed by atoms with Gasteiger partial charge in [0.15, 0.2) is 11.6 Å². The number of fused-ring (bicyclic) bond motifs is 4. The molecule has 1 aromatic heterocycles. The highest BCUT2D eigenvalue weighted by molar-refractivity contribution is 5.94. The summed E-state index contributed by atoms with van der Waals surface area (Å²) < 4.78 is 20.8. The summed E-state index contributed by atoms with van der Waals surface area (Å²) in [5.41, 5.74) is 1.99. The molecule has 2 aromatic carbocycles. The lowest BCUT2D eigenvalue weighted by Gasteiger charge is -2.44. The van der Waals surface area contributed by atoms with Crippen molar-refractivity contribution in [2.75, 3.05) is 27.2 Å². The highest BCUT2D eigenvalue weighted by Crippen LogP contribution is 2.51. The highest BCUT2D eigenvalue weighted by Gasteiger charge is 2.57. The number of phenolic OH excluding ortho intramolecular Hbond substituents is 1. The Bertz CT molecular complexity index is 1370. The van der Waals surface area contributed by atoms with E-state index >= 15 is 4.39 Å². The molecule has 2 aliphatic heterocycles. The summed E-state index contributed by atoms with van der Waals surface area (Å²) in [5.74, 6) is 0.385. The van der Waals surface area contributed by atoms with E-state index in [0.29, 0.717) is 42.3 Å². The molecule has 1 saturated heterocycles. The molecule has 190 valence electrons. The average Bonchev–Trinajstić information content (AvgIpc) is 3.29. The van der Waals surface area contributed by atoms with Gasteiger partial charge in [-0.25, -0.2) is 4.39 Å². The number of carbonyl (C=O) groups excluding carboxylic acids is 1. The summed E-state index contributed by atoms with van der Waals surface area (Å²) in [5, 5.41) is 10.7. The summed E-state index contributed by atoms with van der Waals surface area (Å²) in [6, 6.07) is 10.3. The number of carbonyl (C=O) groups is 1. The van der Waals surface area contributed by atoms with Gasteiger partial charge in [0, 0.05) is 42.1 Å². The predicted molar refractivity (Wildman–Crippen MR) is 137 cm³/mol. The highest BCUT2D eigenvalue weighted by atomic mass is 19.1. The quantitative estimate of drug-likeness (QED) is 0.534. The van der Waals surface area contributed by atoms with Crippen LogP contribution in [0.4, 0.5) is 4.39 Å². The van der Waals surface area contributed by atoms with E-state index in [9.17, 15) is 9.90 Å². The van der Waals surface area contributed by atoms with Crippen LogP contribution >= 0.6 is 0 Å². The standard InChI is InChI=1S/C28H33FN4O3/c1-16(2)31(5)12-13-32-17(3)33-26(18-8-7-9-19(34)14-18)25-20(15-28(33,4)27(32)35)23-21(30-25)10-11-22(36-6)24(23)29/h7-11,14,16,26,30,34H,3,12-13,15H2,1-2,4-6H3/t26-,28+/m1/s1. The van der Waals surface area contributed by atoms with Crippen molar-refractivity contribution >= 4 is 16.8 Å². The summed E-state index contributed by atoms with van der Waals surface area (Å²) in [7, 11) is 3.48. The monoisotopic (exact) mass is 492 g/mol. The van der Waals surface area contributed by atoms with Crippen LogP contribution in [0.3, 0.4) is 0 Å². The van der Waals surface area contributed by atoms with Crippen LogP contribution in [0.2, 0.25) is 0 Å². The van der Waals surface area contributed by atoms with Gasteiger partial charge in [-0.1, -0.05) is 18.7 Å². The number of hydrogen-bond acceptors (Lipinski definition) is 5. The van der Waals surface area contributed by atoms with Crippen LogP contribution in [-0.2, 0) is 11.2 Å². The number of likely N-dealkylation sites (N-methyl/N-ethyl adjacent to an activating group) is 1. The number of methoxy groups -OCH3 is 1. The number of aromatic hydroxyl groups is 1. The van der Waals surface area contributed by atoms with Crippen LogP contribution in [0.25, 0.3) is 10.9 Å². The zero-order chi connectivity index (χ0) is 25.9.